The topological polar surface area (TPSA) is 59.5 Å². The van der Waals surface area contributed by atoms with Crippen LogP contribution in [0, 0.1) is 0 Å². The third-order valence-electron chi connectivity index (χ3n) is 3.43. The van der Waals surface area contributed by atoms with E-state index in [0.717, 1.165) is 10.9 Å². The molecule has 0 bridgehead atoms. The number of pyridine rings is 1. The fourth-order valence-electron chi connectivity index (χ4n) is 2.17. The average molecular weight is 292 g/mol. The maximum Gasteiger partial charge on any atom is 0.214 e. The SMILES string of the molecule is CCS(=O)(=O)N1CC(Oc2ccc3ccccc3n2)C1. The Morgan fingerprint density at radius 3 is 2.75 bits per heavy atom. The minimum atomic E-state index is -3.09. The van der Waals surface area contributed by atoms with Gasteiger partial charge in [0.25, 0.3) is 0 Å². The van der Waals surface area contributed by atoms with Gasteiger partial charge >= 0.3 is 0 Å². The molecule has 0 unspecified atom stereocenters. The smallest absolute Gasteiger partial charge is 0.214 e. The number of para-hydroxylation sites is 1. The zero-order chi connectivity index (χ0) is 14.2. The van der Waals surface area contributed by atoms with E-state index in [1.807, 2.05) is 36.4 Å². The van der Waals surface area contributed by atoms with Gasteiger partial charge in [0, 0.05) is 11.5 Å². The summed E-state index contributed by atoms with van der Waals surface area (Å²) in [6, 6.07) is 11.6. The summed E-state index contributed by atoms with van der Waals surface area (Å²) < 4.78 is 30.4. The van der Waals surface area contributed by atoms with Crippen molar-refractivity contribution in [2.75, 3.05) is 18.8 Å². The van der Waals surface area contributed by atoms with Crippen molar-refractivity contribution in [2.45, 2.75) is 13.0 Å². The molecule has 2 aromatic rings. The highest BCUT2D eigenvalue weighted by Gasteiger charge is 2.36. The van der Waals surface area contributed by atoms with Crippen molar-refractivity contribution in [3.8, 4) is 5.88 Å². The molecule has 0 N–H and O–H groups in total. The van der Waals surface area contributed by atoms with E-state index in [9.17, 15) is 8.42 Å². The average Bonchev–Trinajstić information content (AvgIpc) is 2.42. The van der Waals surface area contributed by atoms with Gasteiger partial charge < -0.3 is 4.74 Å². The molecule has 5 nitrogen and oxygen atoms in total. The molecule has 0 atom stereocenters. The Bertz CT molecular complexity index is 724. The summed E-state index contributed by atoms with van der Waals surface area (Å²) in [6.45, 7) is 2.46. The van der Waals surface area contributed by atoms with Gasteiger partial charge in [-0.15, -0.1) is 0 Å². The molecule has 2 heterocycles. The normalized spacial score (nSPS) is 17.1. The second-order valence-electron chi connectivity index (χ2n) is 4.80. The number of sulfonamides is 1. The third kappa shape index (κ3) is 2.48. The molecule has 0 aliphatic carbocycles. The Morgan fingerprint density at radius 2 is 2.00 bits per heavy atom. The Hall–Kier alpha value is -1.66. The molecule has 1 aromatic carbocycles. The molecule has 0 amide bonds. The van der Waals surface area contributed by atoms with Gasteiger partial charge in [-0.05, 0) is 19.1 Å². The monoisotopic (exact) mass is 292 g/mol. The van der Waals surface area contributed by atoms with E-state index in [2.05, 4.69) is 4.98 Å². The van der Waals surface area contributed by atoms with Gasteiger partial charge in [0.2, 0.25) is 15.9 Å². The molecule has 1 aliphatic heterocycles. The Balaban J connectivity index is 1.67. The zero-order valence-electron chi connectivity index (χ0n) is 11.2. The van der Waals surface area contributed by atoms with Crippen molar-refractivity contribution in [3.05, 3.63) is 36.4 Å². The molecule has 106 valence electrons. The number of ether oxygens (including phenoxy) is 1. The summed E-state index contributed by atoms with van der Waals surface area (Å²) in [4.78, 5) is 4.41. The van der Waals surface area contributed by atoms with Crippen molar-refractivity contribution >= 4 is 20.9 Å². The van der Waals surface area contributed by atoms with Crippen molar-refractivity contribution in [2.24, 2.45) is 0 Å². The van der Waals surface area contributed by atoms with E-state index in [1.165, 1.54) is 4.31 Å². The van der Waals surface area contributed by atoms with Gasteiger partial charge in [-0.1, -0.05) is 18.2 Å². The third-order valence-corrected chi connectivity index (χ3v) is 5.25. The number of hydrogen-bond donors (Lipinski definition) is 0. The highest BCUT2D eigenvalue weighted by atomic mass is 32.2. The fourth-order valence-corrected chi connectivity index (χ4v) is 3.32. The van der Waals surface area contributed by atoms with Crippen LogP contribution in [0.1, 0.15) is 6.92 Å². The van der Waals surface area contributed by atoms with Gasteiger partial charge in [-0.3, -0.25) is 0 Å². The van der Waals surface area contributed by atoms with Crippen molar-refractivity contribution in [1.82, 2.24) is 9.29 Å². The maximum absolute atomic E-state index is 11.6. The molecule has 1 aromatic heterocycles. The fraction of sp³-hybridized carbons (Fsp3) is 0.357. The molecular formula is C14H16N2O3S. The number of aromatic nitrogens is 1. The summed E-state index contributed by atoms with van der Waals surface area (Å²) in [6.07, 6.45) is -0.106. The summed E-state index contributed by atoms with van der Waals surface area (Å²) in [7, 11) is -3.09. The van der Waals surface area contributed by atoms with Crippen LogP contribution in [-0.4, -0.2) is 42.7 Å². The van der Waals surface area contributed by atoms with Gasteiger partial charge in [-0.25, -0.2) is 13.4 Å². The lowest BCUT2D eigenvalue weighted by molar-refractivity contribution is 0.0725. The van der Waals surface area contributed by atoms with Crippen LogP contribution in [0.15, 0.2) is 36.4 Å². The van der Waals surface area contributed by atoms with Crippen LogP contribution in [0.4, 0.5) is 0 Å². The van der Waals surface area contributed by atoms with E-state index in [4.69, 9.17) is 4.74 Å². The minimum Gasteiger partial charge on any atom is -0.472 e. The Kier molecular flexibility index (Phi) is 3.35. The maximum atomic E-state index is 11.6. The van der Waals surface area contributed by atoms with E-state index in [1.54, 1.807) is 6.92 Å². The van der Waals surface area contributed by atoms with Crippen molar-refractivity contribution < 1.29 is 13.2 Å². The quantitative estimate of drug-likeness (QED) is 0.859. The first kappa shape index (κ1) is 13.3. The number of nitrogens with zero attached hydrogens (tertiary/aromatic N) is 2. The van der Waals surface area contributed by atoms with Gasteiger partial charge in [0.1, 0.15) is 6.10 Å². The summed E-state index contributed by atoms with van der Waals surface area (Å²) in [5.74, 6) is 0.677. The molecule has 6 heteroatoms. The first-order chi connectivity index (χ1) is 9.58. The predicted molar refractivity (Wildman–Crippen MR) is 77.2 cm³/mol. The summed E-state index contributed by atoms with van der Waals surface area (Å²) in [5, 5.41) is 1.06. The molecule has 0 saturated carbocycles. The second kappa shape index (κ2) is 5.03. The number of benzene rings is 1. The highest BCUT2D eigenvalue weighted by molar-refractivity contribution is 7.89. The van der Waals surface area contributed by atoms with E-state index < -0.39 is 10.0 Å². The lowest BCUT2D eigenvalue weighted by Gasteiger charge is -2.37. The Labute approximate surface area is 118 Å². The summed E-state index contributed by atoms with van der Waals surface area (Å²) in [5.41, 5.74) is 0.877. The lowest BCUT2D eigenvalue weighted by Crippen LogP contribution is -2.56. The molecule has 1 saturated heterocycles. The predicted octanol–water partition coefficient (Wildman–Crippen LogP) is 1.65. The largest absolute Gasteiger partial charge is 0.472 e. The van der Waals surface area contributed by atoms with Crippen LogP contribution >= 0.6 is 0 Å². The van der Waals surface area contributed by atoms with Crippen molar-refractivity contribution in [1.29, 1.82) is 0 Å². The zero-order valence-corrected chi connectivity index (χ0v) is 12.0. The van der Waals surface area contributed by atoms with Crippen LogP contribution in [0.25, 0.3) is 10.9 Å². The molecule has 20 heavy (non-hydrogen) atoms. The molecule has 1 fully saturated rings. The Morgan fingerprint density at radius 1 is 1.25 bits per heavy atom. The minimum absolute atomic E-state index is 0.106. The highest BCUT2D eigenvalue weighted by Crippen LogP contribution is 2.21. The van der Waals surface area contributed by atoms with E-state index in [-0.39, 0.29) is 11.9 Å². The lowest BCUT2D eigenvalue weighted by atomic mass is 10.2. The number of hydrogen-bond acceptors (Lipinski definition) is 4. The van der Waals surface area contributed by atoms with E-state index >= 15 is 0 Å². The molecule has 1 aliphatic rings. The van der Waals surface area contributed by atoms with Crippen molar-refractivity contribution in [3.63, 3.8) is 0 Å². The van der Waals surface area contributed by atoms with Crippen LogP contribution < -0.4 is 4.74 Å². The van der Waals surface area contributed by atoms with Gasteiger partial charge in [-0.2, -0.15) is 4.31 Å². The van der Waals surface area contributed by atoms with Gasteiger partial charge in [0.05, 0.1) is 24.4 Å². The molecule has 0 radical (unpaired) electrons. The summed E-state index contributed by atoms with van der Waals surface area (Å²) >= 11 is 0. The molecule has 0 spiro atoms. The van der Waals surface area contributed by atoms with Crippen LogP contribution in [-0.2, 0) is 10.0 Å². The first-order valence-corrected chi connectivity index (χ1v) is 8.19. The first-order valence-electron chi connectivity index (χ1n) is 6.59. The standard InChI is InChI=1S/C14H16N2O3S/c1-2-20(17,18)16-9-12(10-16)19-14-8-7-11-5-3-4-6-13(11)15-14/h3-8,12H,2,9-10H2,1H3. The second-order valence-corrected chi connectivity index (χ2v) is 7.06. The van der Waals surface area contributed by atoms with Crippen LogP contribution in [0.3, 0.4) is 0 Å². The van der Waals surface area contributed by atoms with Gasteiger partial charge in [0.15, 0.2) is 0 Å². The number of fused-ring (bicyclic) bond motifs is 1. The van der Waals surface area contributed by atoms with E-state index in [0.29, 0.717) is 19.0 Å². The van der Waals surface area contributed by atoms with Crippen LogP contribution in [0.2, 0.25) is 0 Å². The molecular weight excluding hydrogens is 276 g/mol. The number of rotatable bonds is 4. The molecule has 3 rings (SSSR count). The van der Waals surface area contributed by atoms with Crippen LogP contribution in [0.5, 0.6) is 5.88 Å².